The molecule has 0 spiro atoms. The van der Waals surface area contributed by atoms with Gasteiger partial charge in [-0.15, -0.1) is 0 Å². The minimum absolute atomic E-state index is 0.0987. The zero-order chi connectivity index (χ0) is 21.1. The first kappa shape index (κ1) is 21.0. The largest absolute Gasteiger partial charge is 0.337 e. The summed E-state index contributed by atoms with van der Waals surface area (Å²) in [4.78, 5) is 15.3. The summed E-state index contributed by atoms with van der Waals surface area (Å²) in [5.41, 5.74) is 4.61. The molecule has 0 saturated carbocycles. The Hall–Kier alpha value is -2.21. The molecule has 1 saturated heterocycles. The maximum Gasteiger partial charge on any atom is 0.274 e. The van der Waals surface area contributed by atoms with Gasteiger partial charge in [0, 0.05) is 43.5 Å². The zero-order valence-electron chi connectivity index (χ0n) is 18.2. The summed E-state index contributed by atoms with van der Waals surface area (Å²) in [5.74, 6) is -0.0589. The van der Waals surface area contributed by atoms with E-state index in [1.807, 2.05) is 21.7 Å². The van der Waals surface area contributed by atoms with Crippen molar-refractivity contribution in [2.45, 2.75) is 77.9 Å². The molecular formula is C24H33FN4O. The number of nitrogens with one attached hydrogen (secondary N) is 1. The number of carbonyl (C=O) groups excluding carboxylic acids is 1. The monoisotopic (exact) mass is 412 g/mol. The molecule has 1 fully saturated rings. The van der Waals surface area contributed by atoms with Gasteiger partial charge in [0.05, 0.1) is 0 Å². The molecule has 1 atom stereocenters. The van der Waals surface area contributed by atoms with Crippen LogP contribution in [0.25, 0.3) is 0 Å². The highest BCUT2D eigenvalue weighted by Crippen LogP contribution is 2.27. The highest BCUT2D eigenvalue weighted by Gasteiger charge is 2.31. The predicted molar refractivity (Wildman–Crippen MR) is 116 cm³/mol. The fourth-order valence-electron chi connectivity index (χ4n) is 4.73. The van der Waals surface area contributed by atoms with E-state index < -0.39 is 0 Å². The van der Waals surface area contributed by atoms with Crippen molar-refractivity contribution in [2.24, 2.45) is 0 Å². The minimum atomic E-state index is -0.158. The molecule has 30 heavy (non-hydrogen) atoms. The molecule has 2 heterocycles. The number of aryl methyl sites for hydroxylation is 2. The number of hydrogen-bond acceptors (Lipinski definition) is 3. The summed E-state index contributed by atoms with van der Waals surface area (Å²) in [6, 6.07) is 5.68. The first-order valence-corrected chi connectivity index (χ1v) is 11.4. The highest BCUT2D eigenvalue weighted by atomic mass is 19.1. The van der Waals surface area contributed by atoms with E-state index in [4.69, 9.17) is 5.10 Å². The highest BCUT2D eigenvalue weighted by molar-refractivity contribution is 5.94. The Bertz CT molecular complexity index is 899. The van der Waals surface area contributed by atoms with Crippen LogP contribution in [0.2, 0.25) is 0 Å². The summed E-state index contributed by atoms with van der Waals surface area (Å²) < 4.78 is 15.9. The minimum Gasteiger partial charge on any atom is -0.337 e. The maximum absolute atomic E-state index is 13.9. The Morgan fingerprint density at radius 1 is 1.23 bits per heavy atom. The molecule has 1 aromatic carbocycles. The molecule has 6 heteroatoms. The van der Waals surface area contributed by atoms with Crippen LogP contribution in [0.4, 0.5) is 4.39 Å². The fraction of sp³-hybridized carbons (Fsp3) is 0.583. The third-order valence-electron chi connectivity index (χ3n) is 6.57. The van der Waals surface area contributed by atoms with Gasteiger partial charge in [-0.2, -0.15) is 5.10 Å². The van der Waals surface area contributed by atoms with Crippen molar-refractivity contribution in [3.63, 3.8) is 0 Å². The molecule has 5 nitrogen and oxygen atoms in total. The molecule has 1 amide bonds. The quantitative estimate of drug-likeness (QED) is 0.807. The lowest BCUT2D eigenvalue weighted by molar-refractivity contribution is 0.0753. The van der Waals surface area contributed by atoms with Gasteiger partial charge in [0.2, 0.25) is 0 Å². The number of nitrogens with zero attached hydrogens (tertiary/aromatic N) is 3. The molecule has 4 rings (SSSR count). The van der Waals surface area contributed by atoms with Gasteiger partial charge in [0.25, 0.3) is 5.91 Å². The molecule has 0 unspecified atom stereocenters. The van der Waals surface area contributed by atoms with E-state index in [2.05, 4.69) is 12.2 Å². The molecule has 1 N–H and O–H groups in total. The zero-order valence-corrected chi connectivity index (χ0v) is 18.2. The third-order valence-corrected chi connectivity index (χ3v) is 6.57. The van der Waals surface area contributed by atoms with Crippen LogP contribution in [-0.2, 0) is 25.9 Å². The Morgan fingerprint density at radius 3 is 2.70 bits per heavy atom. The van der Waals surface area contributed by atoms with Crippen molar-refractivity contribution in [1.82, 2.24) is 20.0 Å². The van der Waals surface area contributed by atoms with E-state index in [1.54, 1.807) is 13.0 Å². The number of fused-ring (bicyclic) bond motifs is 1. The van der Waals surface area contributed by atoms with Gasteiger partial charge in [-0.05, 0) is 63.1 Å². The van der Waals surface area contributed by atoms with Crippen molar-refractivity contribution in [3.8, 4) is 0 Å². The van der Waals surface area contributed by atoms with Crippen LogP contribution in [0, 0.1) is 12.7 Å². The standard InChI is InChI=1S/C24H33FN4O/c1-3-29-22-11-10-19(26-16-18-9-8-17(2)21(25)14-18)15-20(22)23(27-29)24(30)28-12-6-4-5-7-13-28/h8-9,14,19,26H,3-7,10-13,15-16H2,1-2H3/t19-/m0/s1. The lowest BCUT2D eigenvalue weighted by atomic mass is 9.90. The Morgan fingerprint density at radius 2 is 2.00 bits per heavy atom. The molecule has 0 radical (unpaired) electrons. The van der Waals surface area contributed by atoms with Crippen molar-refractivity contribution < 1.29 is 9.18 Å². The van der Waals surface area contributed by atoms with Gasteiger partial charge in [-0.1, -0.05) is 25.0 Å². The number of amides is 1. The van der Waals surface area contributed by atoms with E-state index in [1.165, 1.54) is 18.5 Å². The summed E-state index contributed by atoms with van der Waals surface area (Å²) >= 11 is 0. The second-order valence-electron chi connectivity index (χ2n) is 8.70. The van der Waals surface area contributed by atoms with Crippen molar-refractivity contribution >= 4 is 5.91 Å². The van der Waals surface area contributed by atoms with Gasteiger partial charge < -0.3 is 10.2 Å². The van der Waals surface area contributed by atoms with Crippen LogP contribution < -0.4 is 5.32 Å². The smallest absolute Gasteiger partial charge is 0.274 e. The average Bonchev–Trinajstić information content (AvgIpc) is 2.92. The SMILES string of the molecule is CCn1nc(C(=O)N2CCCCCC2)c2c1CC[C@H](NCc1ccc(C)c(F)c1)C2. The second kappa shape index (κ2) is 9.29. The fourth-order valence-corrected chi connectivity index (χ4v) is 4.73. The van der Waals surface area contributed by atoms with E-state index in [0.29, 0.717) is 17.8 Å². The molecular weight excluding hydrogens is 379 g/mol. The summed E-state index contributed by atoms with van der Waals surface area (Å²) in [5, 5.41) is 8.32. The number of hydrogen-bond donors (Lipinski definition) is 1. The number of halogens is 1. The molecule has 1 aliphatic heterocycles. The van der Waals surface area contributed by atoms with Gasteiger partial charge in [0.15, 0.2) is 5.69 Å². The average molecular weight is 413 g/mol. The van der Waals surface area contributed by atoms with E-state index in [0.717, 1.165) is 62.9 Å². The van der Waals surface area contributed by atoms with Crippen molar-refractivity contribution in [3.05, 3.63) is 52.1 Å². The molecule has 2 aliphatic rings. The molecule has 2 aromatic rings. The van der Waals surface area contributed by atoms with Crippen LogP contribution in [0.15, 0.2) is 18.2 Å². The summed E-state index contributed by atoms with van der Waals surface area (Å²) in [6.45, 7) is 6.97. The third kappa shape index (κ3) is 4.43. The summed E-state index contributed by atoms with van der Waals surface area (Å²) in [6.07, 6.45) is 7.31. The van der Waals surface area contributed by atoms with Crippen LogP contribution in [0.1, 0.15) is 71.9 Å². The number of likely N-dealkylation sites (tertiary alicyclic amines) is 1. The Labute approximate surface area is 178 Å². The number of carbonyl (C=O) groups is 1. The molecule has 1 aromatic heterocycles. The Kier molecular flexibility index (Phi) is 6.52. The predicted octanol–water partition coefficient (Wildman–Crippen LogP) is 4.01. The Balaban J connectivity index is 1.49. The van der Waals surface area contributed by atoms with Gasteiger partial charge >= 0.3 is 0 Å². The lowest BCUT2D eigenvalue weighted by Crippen LogP contribution is -2.36. The van der Waals surface area contributed by atoms with Gasteiger partial charge in [0.1, 0.15) is 5.82 Å². The van der Waals surface area contributed by atoms with E-state index in [9.17, 15) is 9.18 Å². The first-order chi connectivity index (χ1) is 14.6. The number of aromatic nitrogens is 2. The van der Waals surface area contributed by atoms with E-state index >= 15 is 0 Å². The number of benzene rings is 1. The van der Waals surface area contributed by atoms with Crippen LogP contribution in [0.3, 0.4) is 0 Å². The molecule has 1 aliphatic carbocycles. The van der Waals surface area contributed by atoms with E-state index in [-0.39, 0.29) is 17.8 Å². The second-order valence-corrected chi connectivity index (χ2v) is 8.70. The lowest BCUT2D eigenvalue weighted by Gasteiger charge is -2.25. The van der Waals surface area contributed by atoms with Gasteiger partial charge in [-0.25, -0.2) is 4.39 Å². The van der Waals surface area contributed by atoms with Crippen molar-refractivity contribution in [1.29, 1.82) is 0 Å². The topological polar surface area (TPSA) is 50.2 Å². The number of rotatable bonds is 5. The van der Waals surface area contributed by atoms with Crippen molar-refractivity contribution in [2.75, 3.05) is 13.1 Å². The molecule has 0 bridgehead atoms. The van der Waals surface area contributed by atoms with Crippen LogP contribution in [0.5, 0.6) is 0 Å². The first-order valence-electron chi connectivity index (χ1n) is 11.4. The maximum atomic E-state index is 13.9. The normalized spacial score (nSPS) is 19.4. The summed E-state index contributed by atoms with van der Waals surface area (Å²) in [7, 11) is 0. The van der Waals surface area contributed by atoms with Crippen LogP contribution in [-0.4, -0.2) is 39.7 Å². The van der Waals surface area contributed by atoms with Crippen LogP contribution >= 0.6 is 0 Å². The van der Waals surface area contributed by atoms with Gasteiger partial charge in [-0.3, -0.25) is 9.48 Å². The molecule has 162 valence electrons.